The van der Waals surface area contributed by atoms with Crippen LogP contribution in [0.15, 0.2) is 0 Å². The molecule has 0 aliphatic carbocycles. The molecule has 1 aromatic rings. The monoisotopic (exact) mass is 296 g/mol. The van der Waals surface area contributed by atoms with Gasteiger partial charge in [-0.1, -0.05) is 26.2 Å². The molecule has 112 valence electrons. The molecule has 0 radical (unpaired) electrons. The lowest BCUT2D eigenvalue weighted by Gasteiger charge is -2.18. The van der Waals surface area contributed by atoms with Crippen molar-refractivity contribution in [1.29, 1.82) is 0 Å². The lowest BCUT2D eigenvalue weighted by atomic mass is 10.2. The van der Waals surface area contributed by atoms with Gasteiger partial charge in [-0.25, -0.2) is 9.78 Å². The maximum atomic E-state index is 11.2. The Balaban J connectivity index is 1.94. The Morgan fingerprint density at radius 3 is 2.55 bits per heavy atom. The molecule has 4 nitrogen and oxygen atoms in total. The van der Waals surface area contributed by atoms with Gasteiger partial charge in [0.15, 0.2) is 0 Å². The second kappa shape index (κ2) is 7.74. The summed E-state index contributed by atoms with van der Waals surface area (Å²) < 4.78 is 0. The zero-order chi connectivity index (χ0) is 14.4. The molecule has 0 saturated carbocycles. The summed E-state index contributed by atoms with van der Waals surface area (Å²) in [5.41, 5.74) is 0.774. The molecule has 0 atom stereocenters. The summed E-state index contributed by atoms with van der Waals surface area (Å²) in [6, 6.07) is 0. The molecule has 0 spiro atoms. The van der Waals surface area contributed by atoms with Crippen LogP contribution >= 0.6 is 11.3 Å². The van der Waals surface area contributed by atoms with E-state index in [9.17, 15) is 9.90 Å². The quantitative estimate of drug-likeness (QED) is 0.876. The maximum absolute atomic E-state index is 11.2. The van der Waals surface area contributed by atoms with E-state index in [0.29, 0.717) is 4.88 Å². The highest BCUT2D eigenvalue weighted by Gasteiger charge is 2.17. The van der Waals surface area contributed by atoms with Crippen LogP contribution in [-0.4, -0.2) is 40.6 Å². The van der Waals surface area contributed by atoms with Gasteiger partial charge in [-0.3, -0.25) is 0 Å². The number of aryl methyl sites for hydroxylation is 1. The average molecular weight is 296 g/mol. The fourth-order valence-electron chi connectivity index (χ4n) is 2.69. The number of carboxylic acids is 1. The van der Waals surface area contributed by atoms with E-state index in [1.165, 1.54) is 50.1 Å². The van der Waals surface area contributed by atoms with Gasteiger partial charge in [0.25, 0.3) is 0 Å². The Morgan fingerprint density at radius 1 is 1.25 bits per heavy atom. The summed E-state index contributed by atoms with van der Waals surface area (Å²) in [6.07, 6.45) is 7.86. The van der Waals surface area contributed by atoms with Crippen molar-refractivity contribution >= 4 is 17.3 Å². The predicted octanol–water partition coefficient (Wildman–Crippen LogP) is 3.21. The number of aromatic carboxylic acids is 1. The van der Waals surface area contributed by atoms with Gasteiger partial charge in [0.1, 0.15) is 4.88 Å². The van der Waals surface area contributed by atoms with Crippen molar-refractivity contribution in [2.45, 2.75) is 51.9 Å². The molecular weight excluding hydrogens is 272 g/mol. The summed E-state index contributed by atoms with van der Waals surface area (Å²) in [6.45, 7) is 5.43. The third kappa shape index (κ3) is 4.28. The Labute approximate surface area is 124 Å². The highest BCUT2D eigenvalue weighted by atomic mass is 32.1. The van der Waals surface area contributed by atoms with Crippen molar-refractivity contribution < 1.29 is 9.90 Å². The first-order valence-corrected chi connectivity index (χ1v) is 8.46. The number of rotatable bonds is 6. The third-order valence-electron chi connectivity index (χ3n) is 3.76. The molecular formula is C15H24N2O2S. The highest BCUT2D eigenvalue weighted by molar-refractivity contribution is 7.13. The first kappa shape index (κ1) is 15.4. The van der Waals surface area contributed by atoms with Gasteiger partial charge in [0, 0.05) is 13.0 Å². The number of hydrogen-bond acceptors (Lipinski definition) is 4. The summed E-state index contributed by atoms with van der Waals surface area (Å²) in [7, 11) is 0. The predicted molar refractivity (Wildman–Crippen MR) is 81.7 cm³/mol. The molecule has 1 aromatic heterocycles. The van der Waals surface area contributed by atoms with Crippen LogP contribution in [0.4, 0.5) is 0 Å². The first-order valence-electron chi connectivity index (χ1n) is 7.65. The van der Waals surface area contributed by atoms with E-state index >= 15 is 0 Å². The van der Waals surface area contributed by atoms with Crippen molar-refractivity contribution in [2.24, 2.45) is 0 Å². The number of likely N-dealkylation sites (tertiary alicyclic amines) is 1. The van der Waals surface area contributed by atoms with E-state index < -0.39 is 5.97 Å². The minimum atomic E-state index is -0.827. The summed E-state index contributed by atoms with van der Waals surface area (Å²) in [4.78, 5) is 18.7. The van der Waals surface area contributed by atoms with E-state index in [0.717, 1.165) is 36.5 Å². The minimum Gasteiger partial charge on any atom is -0.477 e. The molecule has 1 aliphatic heterocycles. The van der Waals surface area contributed by atoms with Crippen molar-refractivity contribution in [3.05, 3.63) is 15.6 Å². The summed E-state index contributed by atoms with van der Waals surface area (Å²) >= 11 is 1.36. The van der Waals surface area contributed by atoms with Crippen molar-refractivity contribution in [3.63, 3.8) is 0 Å². The van der Waals surface area contributed by atoms with Crippen LogP contribution in [0.25, 0.3) is 0 Å². The van der Waals surface area contributed by atoms with Crippen LogP contribution in [-0.2, 0) is 12.8 Å². The molecule has 1 aliphatic rings. The second-order valence-corrected chi connectivity index (χ2v) is 6.53. The van der Waals surface area contributed by atoms with E-state index in [1.807, 2.05) is 0 Å². The average Bonchev–Trinajstić information content (AvgIpc) is 2.66. The van der Waals surface area contributed by atoms with Crippen LogP contribution in [0.5, 0.6) is 0 Å². The molecule has 0 aromatic carbocycles. The van der Waals surface area contributed by atoms with Gasteiger partial charge in [0.05, 0.1) is 10.7 Å². The largest absolute Gasteiger partial charge is 0.477 e. The highest BCUT2D eigenvalue weighted by Crippen LogP contribution is 2.21. The van der Waals surface area contributed by atoms with E-state index in [1.54, 1.807) is 0 Å². The van der Waals surface area contributed by atoms with Gasteiger partial charge in [-0.05, 0) is 32.4 Å². The third-order valence-corrected chi connectivity index (χ3v) is 4.91. The summed E-state index contributed by atoms with van der Waals surface area (Å²) in [5, 5.41) is 10.2. The van der Waals surface area contributed by atoms with Crippen molar-refractivity contribution in [3.8, 4) is 0 Å². The smallest absolute Gasteiger partial charge is 0.347 e. The van der Waals surface area contributed by atoms with Crippen molar-refractivity contribution in [2.75, 3.05) is 19.6 Å². The fourth-order valence-corrected chi connectivity index (χ4v) is 3.63. The lowest BCUT2D eigenvalue weighted by molar-refractivity contribution is 0.0700. The molecule has 0 amide bonds. The number of hydrogen-bond donors (Lipinski definition) is 1. The molecule has 5 heteroatoms. The van der Waals surface area contributed by atoms with Gasteiger partial charge >= 0.3 is 5.97 Å². The van der Waals surface area contributed by atoms with Gasteiger partial charge in [0.2, 0.25) is 0 Å². The number of carbonyl (C=O) groups is 1. The molecule has 1 fully saturated rings. The minimum absolute atomic E-state index is 0.442. The number of nitrogens with zero attached hydrogens (tertiary/aromatic N) is 2. The summed E-state index contributed by atoms with van der Waals surface area (Å²) in [5.74, 6) is -0.827. The number of carboxylic acid groups (broad SMARTS) is 1. The number of aromatic nitrogens is 1. The Bertz CT molecular complexity index is 437. The van der Waals surface area contributed by atoms with Crippen molar-refractivity contribution in [1.82, 2.24) is 9.88 Å². The van der Waals surface area contributed by atoms with Crippen LogP contribution in [0.1, 0.15) is 59.4 Å². The fraction of sp³-hybridized carbons (Fsp3) is 0.733. The van der Waals surface area contributed by atoms with Crippen LogP contribution < -0.4 is 0 Å². The van der Waals surface area contributed by atoms with Crippen LogP contribution in [0, 0.1) is 0 Å². The Hall–Kier alpha value is -0.940. The molecule has 20 heavy (non-hydrogen) atoms. The molecule has 0 bridgehead atoms. The van der Waals surface area contributed by atoms with E-state index in [2.05, 4.69) is 16.8 Å². The van der Waals surface area contributed by atoms with E-state index in [-0.39, 0.29) is 0 Å². The molecule has 2 rings (SSSR count). The standard InChI is InChI=1S/C15H24N2O2S/c1-2-7-12-14(15(18)19)20-13(16-12)8-11-17-9-5-3-4-6-10-17/h2-11H2,1H3,(H,18,19). The zero-order valence-electron chi connectivity index (χ0n) is 12.2. The SMILES string of the molecule is CCCc1nc(CCN2CCCCCC2)sc1C(=O)O. The normalized spacial score (nSPS) is 17.1. The topological polar surface area (TPSA) is 53.4 Å². The van der Waals surface area contributed by atoms with Gasteiger partial charge in [-0.15, -0.1) is 11.3 Å². The molecule has 1 N–H and O–H groups in total. The molecule has 2 heterocycles. The Morgan fingerprint density at radius 2 is 1.95 bits per heavy atom. The van der Waals surface area contributed by atoms with Crippen LogP contribution in [0.2, 0.25) is 0 Å². The lowest BCUT2D eigenvalue weighted by Crippen LogP contribution is -2.26. The zero-order valence-corrected chi connectivity index (χ0v) is 13.0. The molecule has 0 unspecified atom stereocenters. The second-order valence-electron chi connectivity index (χ2n) is 5.44. The Kier molecular flexibility index (Phi) is 5.98. The first-order chi connectivity index (χ1) is 9.70. The van der Waals surface area contributed by atoms with Crippen LogP contribution in [0.3, 0.4) is 0 Å². The van der Waals surface area contributed by atoms with Gasteiger partial charge in [-0.2, -0.15) is 0 Å². The number of thiazole rings is 1. The van der Waals surface area contributed by atoms with E-state index in [4.69, 9.17) is 0 Å². The molecule has 1 saturated heterocycles. The van der Waals surface area contributed by atoms with Gasteiger partial charge < -0.3 is 10.0 Å². The maximum Gasteiger partial charge on any atom is 0.347 e.